The van der Waals surface area contributed by atoms with Gasteiger partial charge in [0, 0.05) is 30.8 Å². The molecule has 208 valence electrons. The summed E-state index contributed by atoms with van der Waals surface area (Å²) in [7, 11) is 0. The fourth-order valence-corrected chi connectivity index (χ4v) is 5.68. The second-order valence-electron chi connectivity index (χ2n) is 9.97. The largest absolute Gasteiger partial charge is 0.465 e. The van der Waals surface area contributed by atoms with Crippen molar-refractivity contribution in [3.8, 4) is 0 Å². The number of amides is 2. The maximum absolute atomic E-state index is 13.4. The van der Waals surface area contributed by atoms with E-state index in [1.165, 1.54) is 11.3 Å². The van der Waals surface area contributed by atoms with E-state index in [9.17, 15) is 19.5 Å². The number of carboxylic acid groups (broad SMARTS) is 1. The number of furan rings is 1. The van der Waals surface area contributed by atoms with Gasteiger partial charge in [-0.25, -0.2) is 9.59 Å². The molecule has 2 amide bonds. The number of likely N-dealkylation sites (tertiary alicyclic amines) is 1. The Kier molecular flexibility index (Phi) is 9.63. The molecule has 2 aliphatic rings. The molecule has 38 heavy (non-hydrogen) atoms. The van der Waals surface area contributed by atoms with Crippen molar-refractivity contribution < 1.29 is 38.1 Å². The van der Waals surface area contributed by atoms with E-state index in [2.05, 4.69) is 5.32 Å². The van der Waals surface area contributed by atoms with Gasteiger partial charge in [-0.15, -0.1) is 0 Å². The molecule has 0 unspecified atom stereocenters. The van der Waals surface area contributed by atoms with Crippen molar-refractivity contribution in [2.24, 2.45) is 11.8 Å². The van der Waals surface area contributed by atoms with Crippen LogP contribution in [0.1, 0.15) is 62.9 Å². The lowest BCUT2D eigenvalue weighted by Gasteiger charge is -2.32. The minimum atomic E-state index is -1.07. The molecule has 0 spiro atoms. The molecule has 2 heterocycles. The zero-order valence-electron chi connectivity index (χ0n) is 22.1. The number of fused-ring (bicyclic) bond motifs is 1. The Balaban J connectivity index is 1.46. The number of rotatable bonds is 11. The molecule has 2 N–H and O–H groups in total. The molecule has 2 aromatic rings. The first-order valence-electron chi connectivity index (χ1n) is 13.6. The fourth-order valence-electron chi connectivity index (χ4n) is 5.68. The van der Waals surface area contributed by atoms with Crippen LogP contribution < -0.4 is 5.32 Å². The number of hydrogen-bond acceptors (Lipinski definition) is 7. The number of hydrogen-bond donors (Lipinski definition) is 2. The van der Waals surface area contributed by atoms with Crippen LogP contribution >= 0.6 is 0 Å². The Labute approximate surface area is 222 Å². The number of carbonyl (C=O) groups excluding carboxylic acids is 2. The Morgan fingerprint density at radius 3 is 2.42 bits per heavy atom. The standard InChI is InChI=1S/C28H38N2O8/c1-3-35-16-21(17-36-4-2)37-27(32)24-15-19-14-20(10-11-23(19)38-24)29-26(31)25-22(12-13-30(25)28(33)34)18-8-6-5-7-9-18/h10-11,14-15,18,21-22,25H,3-9,12-13,16-17H2,1-2H3,(H,29,31)(H,33,34)/t22-,25-/m0/s1. The zero-order valence-corrected chi connectivity index (χ0v) is 22.1. The molecule has 10 nitrogen and oxygen atoms in total. The van der Waals surface area contributed by atoms with Crippen LogP contribution in [-0.2, 0) is 19.0 Å². The molecule has 1 aliphatic carbocycles. The molecule has 2 fully saturated rings. The Morgan fingerprint density at radius 1 is 1.05 bits per heavy atom. The van der Waals surface area contributed by atoms with Crippen LogP contribution in [0.4, 0.5) is 10.5 Å². The van der Waals surface area contributed by atoms with Gasteiger partial charge in [0.15, 0.2) is 0 Å². The molecular weight excluding hydrogens is 492 g/mol. The van der Waals surface area contributed by atoms with Crippen LogP contribution in [0.5, 0.6) is 0 Å². The van der Waals surface area contributed by atoms with Gasteiger partial charge in [-0.2, -0.15) is 0 Å². The van der Waals surface area contributed by atoms with E-state index in [-0.39, 0.29) is 30.8 Å². The van der Waals surface area contributed by atoms with Gasteiger partial charge >= 0.3 is 12.1 Å². The van der Waals surface area contributed by atoms with Gasteiger partial charge in [0.2, 0.25) is 11.7 Å². The number of ether oxygens (including phenoxy) is 3. The second kappa shape index (κ2) is 13.1. The number of nitrogens with one attached hydrogen (secondary N) is 1. The highest BCUT2D eigenvalue weighted by Gasteiger charge is 2.45. The van der Waals surface area contributed by atoms with Crippen LogP contribution in [0.25, 0.3) is 11.0 Å². The van der Waals surface area contributed by atoms with E-state index >= 15 is 0 Å². The molecule has 0 bridgehead atoms. The molecule has 1 aromatic heterocycles. The number of nitrogens with zero attached hydrogens (tertiary/aromatic N) is 1. The van der Waals surface area contributed by atoms with Gasteiger partial charge in [0.25, 0.3) is 0 Å². The number of anilines is 1. The van der Waals surface area contributed by atoms with E-state index in [1.807, 2.05) is 13.8 Å². The lowest BCUT2D eigenvalue weighted by Crippen LogP contribution is -2.47. The lowest BCUT2D eigenvalue weighted by atomic mass is 9.76. The van der Waals surface area contributed by atoms with Crippen LogP contribution in [0.3, 0.4) is 0 Å². The maximum atomic E-state index is 13.4. The summed E-state index contributed by atoms with van der Waals surface area (Å²) in [6.45, 7) is 5.50. The van der Waals surface area contributed by atoms with Crippen molar-refractivity contribution in [3.63, 3.8) is 0 Å². The van der Waals surface area contributed by atoms with Crippen molar-refractivity contribution in [2.45, 2.75) is 64.5 Å². The summed E-state index contributed by atoms with van der Waals surface area (Å²) < 4.78 is 22.0. The first-order chi connectivity index (χ1) is 18.4. The summed E-state index contributed by atoms with van der Waals surface area (Å²) in [6.07, 6.45) is 4.60. The Morgan fingerprint density at radius 2 is 1.76 bits per heavy atom. The monoisotopic (exact) mass is 530 g/mol. The van der Waals surface area contributed by atoms with E-state index < -0.39 is 24.2 Å². The number of benzene rings is 1. The average Bonchev–Trinajstić information content (AvgIpc) is 3.55. The summed E-state index contributed by atoms with van der Waals surface area (Å²) in [5.41, 5.74) is 0.975. The highest BCUT2D eigenvalue weighted by Crippen LogP contribution is 2.39. The first kappa shape index (κ1) is 27.9. The van der Waals surface area contributed by atoms with Crippen molar-refractivity contribution in [1.29, 1.82) is 0 Å². The van der Waals surface area contributed by atoms with Crippen molar-refractivity contribution in [1.82, 2.24) is 4.90 Å². The smallest absolute Gasteiger partial charge is 0.407 e. The Hall–Kier alpha value is -3.11. The minimum absolute atomic E-state index is 0.0201. The third-order valence-electron chi connectivity index (χ3n) is 7.49. The zero-order chi connectivity index (χ0) is 27.1. The molecule has 2 atom stereocenters. The van der Waals surface area contributed by atoms with Gasteiger partial charge in [-0.1, -0.05) is 32.1 Å². The van der Waals surface area contributed by atoms with Gasteiger partial charge in [0.05, 0.1) is 13.2 Å². The summed E-state index contributed by atoms with van der Waals surface area (Å²) in [5.74, 6) is -0.534. The summed E-state index contributed by atoms with van der Waals surface area (Å²) in [5, 5.41) is 13.3. The third-order valence-corrected chi connectivity index (χ3v) is 7.49. The number of carbonyl (C=O) groups is 3. The van der Waals surface area contributed by atoms with Crippen LogP contribution in [-0.4, -0.2) is 73.1 Å². The summed E-state index contributed by atoms with van der Waals surface area (Å²) in [4.78, 5) is 39.3. The fraction of sp³-hybridized carbons (Fsp3) is 0.607. The topological polar surface area (TPSA) is 128 Å². The normalized spacial score (nSPS) is 20.2. The van der Waals surface area contributed by atoms with Crippen molar-refractivity contribution >= 4 is 34.6 Å². The van der Waals surface area contributed by atoms with Crippen molar-refractivity contribution in [2.75, 3.05) is 38.3 Å². The molecular formula is C28H38N2O8. The van der Waals surface area contributed by atoms with E-state index in [0.29, 0.717) is 48.8 Å². The lowest BCUT2D eigenvalue weighted by molar-refractivity contribution is -0.121. The van der Waals surface area contributed by atoms with Gasteiger partial charge in [-0.05, 0) is 56.4 Å². The van der Waals surface area contributed by atoms with Gasteiger partial charge in [-0.3, -0.25) is 9.69 Å². The predicted molar refractivity (Wildman–Crippen MR) is 140 cm³/mol. The first-order valence-corrected chi connectivity index (χ1v) is 13.6. The van der Waals surface area contributed by atoms with Gasteiger partial charge in [0.1, 0.15) is 17.7 Å². The number of esters is 1. The maximum Gasteiger partial charge on any atom is 0.407 e. The van der Waals surface area contributed by atoms with E-state index in [1.54, 1.807) is 24.3 Å². The second-order valence-corrected chi connectivity index (χ2v) is 9.97. The van der Waals surface area contributed by atoms with Crippen LogP contribution in [0, 0.1) is 11.8 Å². The predicted octanol–water partition coefficient (Wildman–Crippen LogP) is 4.92. The molecule has 1 saturated heterocycles. The average molecular weight is 531 g/mol. The van der Waals surface area contributed by atoms with Crippen LogP contribution in [0.15, 0.2) is 28.7 Å². The highest BCUT2D eigenvalue weighted by atomic mass is 16.6. The molecule has 4 rings (SSSR count). The quantitative estimate of drug-likeness (QED) is 0.392. The minimum Gasteiger partial charge on any atom is -0.465 e. The third kappa shape index (κ3) is 6.66. The molecule has 1 aliphatic heterocycles. The molecule has 10 heteroatoms. The van der Waals surface area contributed by atoms with Gasteiger partial charge < -0.3 is 29.1 Å². The molecule has 0 radical (unpaired) electrons. The molecule has 1 saturated carbocycles. The molecule has 1 aromatic carbocycles. The Bertz CT molecular complexity index is 1100. The summed E-state index contributed by atoms with van der Waals surface area (Å²) in [6, 6.07) is 5.91. The van der Waals surface area contributed by atoms with Crippen LogP contribution in [0.2, 0.25) is 0 Å². The highest BCUT2D eigenvalue weighted by molar-refractivity contribution is 5.99. The SMILES string of the molecule is CCOCC(COCC)OC(=O)c1cc2cc(NC(=O)[C@@H]3[C@H](C4CCCCC4)CCN3C(=O)O)ccc2o1. The van der Waals surface area contributed by atoms with E-state index in [0.717, 1.165) is 25.7 Å². The van der Waals surface area contributed by atoms with E-state index in [4.69, 9.17) is 18.6 Å². The summed E-state index contributed by atoms with van der Waals surface area (Å²) >= 11 is 0. The van der Waals surface area contributed by atoms with Crippen molar-refractivity contribution in [3.05, 3.63) is 30.0 Å².